The van der Waals surface area contributed by atoms with E-state index >= 15 is 0 Å². The zero-order chi connectivity index (χ0) is 13.9. The van der Waals surface area contributed by atoms with E-state index in [9.17, 15) is 13.2 Å². The van der Waals surface area contributed by atoms with Crippen LogP contribution in [0, 0.1) is 0 Å². The third-order valence-corrected chi connectivity index (χ3v) is 2.59. The van der Waals surface area contributed by atoms with Crippen molar-refractivity contribution in [3.8, 4) is 5.75 Å². The molecule has 100 valence electrons. The van der Waals surface area contributed by atoms with Crippen LogP contribution >= 0.6 is 0 Å². The third-order valence-electron chi connectivity index (χ3n) is 2.59. The molecule has 0 aliphatic rings. The van der Waals surface area contributed by atoms with Crippen molar-refractivity contribution < 1.29 is 17.9 Å². The number of hydrogen-bond acceptors (Lipinski definition) is 2. The Kier molecular flexibility index (Phi) is 3.64. The van der Waals surface area contributed by atoms with E-state index in [0.29, 0.717) is 17.0 Å². The highest BCUT2D eigenvalue weighted by Gasteiger charge is 2.29. The lowest BCUT2D eigenvalue weighted by molar-refractivity contribution is -0.137. The molecule has 0 atom stereocenters. The summed E-state index contributed by atoms with van der Waals surface area (Å²) in [4.78, 5) is 0. The summed E-state index contributed by atoms with van der Waals surface area (Å²) in [7, 11) is 0. The first-order valence-electron chi connectivity index (χ1n) is 5.60. The molecule has 2 N–H and O–H groups in total. The van der Waals surface area contributed by atoms with Gasteiger partial charge in [0, 0.05) is 0 Å². The van der Waals surface area contributed by atoms with Crippen LogP contribution in [0.3, 0.4) is 0 Å². The first kappa shape index (κ1) is 13.3. The summed E-state index contributed by atoms with van der Waals surface area (Å²) in [5.41, 5.74) is 6.17. The highest BCUT2D eigenvalue weighted by Crippen LogP contribution is 2.29. The van der Waals surface area contributed by atoms with E-state index in [1.165, 1.54) is 12.1 Å². The van der Waals surface area contributed by atoms with Gasteiger partial charge in [-0.05, 0) is 29.8 Å². The van der Waals surface area contributed by atoms with Gasteiger partial charge in [-0.3, -0.25) is 0 Å². The molecule has 0 bridgehead atoms. The lowest BCUT2D eigenvalue weighted by Crippen LogP contribution is -2.05. The second kappa shape index (κ2) is 5.22. The molecular formula is C14H12F3NO. The van der Waals surface area contributed by atoms with Crippen LogP contribution in [-0.2, 0) is 12.8 Å². The van der Waals surface area contributed by atoms with Crippen molar-refractivity contribution in [3.05, 3.63) is 59.7 Å². The maximum Gasteiger partial charge on any atom is 0.416 e. The Morgan fingerprint density at radius 2 is 1.58 bits per heavy atom. The maximum absolute atomic E-state index is 12.4. The molecule has 0 saturated carbocycles. The van der Waals surface area contributed by atoms with Gasteiger partial charge in [0.05, 0.1) is 11.3 Å². The molecule has 2 nitrogen and oxygen atoms in total. The molecule has 0 amide bonds. The van der Waals surface area contributed by atoms with Crippen molar-refractivity contribution in [1.29, 1.82) is 0 Å². The number of anilines is 1. The fourth-order valence-electron chi connectivity index (χ4n) is 1.56. The zero-order valence-corrected chi connectivity index (χ0v) is 9.95. The normalized spacial score (nSPS) is 11.3. The predicted molar refractivity (Wildman–Crippen MR) is 66.6 cm³/mol. The number of hydrogen-bond donors (Lipinski definition) is 1. The van der Waals surface area contributed by atoms with E-state index in [1.807, 2.05) is 0 Å². The molecule has 2 rings (SSSR count). The van der Waals surface area contributed by atoms with Gasteiger partial charge in [-0.2, -0.15) is 13.2 Å². The van der Waals surface area contributed by atoms with Gasteiger partial charge in [-0.15, -0.1) is 0 Å². The number of halogens is 3. The van der Waals surface area contributed by atoms with Crippen LogP contribution in [0.2, 0.25) is 0 Å². The predicted octanol–water partition coefficient (Wildman–Crippen LogP) is 3.87. The van der Waals surface area contributed by atoms with Gasteiger partial charge in [-0.25, -0.2) is 0 Å². The van der Waals surface area contributed by atoms with Crippen LogP contribution in [-0.4, -0.2) is 0 Å². The van der Waals surface area contributed by atoms with E-state index in [-0.39, 0.29) is 6.61 Å². The topological polar surface area (TPSA) is 35.2 Å². The average molecular weight is 267 g/mol. The molecule has 0 heterocycles. The Balaban J connectivity index is 2.03. The molecule has 0 unspecified atom stereocenters. The summed E-state index contributed by atoms with van der Waals surface area (Å²) >= 11 is 0. The van der Waals surface area contributed by atoms with E-state index in [1.54, 1.807) is 24.3 Å². The molecule has 0 radical (unpaired) electrons. The number of nitrogen functional groups attached to an aromatic ring is 1. The largest absolute Gasteiger partial charge is 0.487 e. The van der Waals surface area contributed by atoms with Gasteiger partial charge >= 0.3 is 6.18 Å². The molecule has 19 heavy (non-hydrogen) atoms. The molecule has 0 aromatic heterocycles. The number of ether oxygens (including phenoxy) is 1. The first-order valence-corrected chi connectivity index (χ1v) is 5.60. The summed E-state index contributed by atoms with van der Waals surface area (Å²) in [5, 5.41) is 0. The van der Waals surface area contributed by atoms with E-state index < -0.39 is 11.7 Å². The minimum atomic E-state index is -4.32. The smallest absolute Gasteiger partial charge is 0.416 e. The third kappa shape index (κ3) is 3.40. The summed E-state index contributed by atoms with van der Waals surface area (Å²) in [6.45, 7) is 0.173. The highest BCUT2D eigenvalue weighted by molar-refractivity contribution is 5.51. The molecule has 0 aliphatic heterocycles. The number of para-hydroxylation sites is 2. The lowest BCUT2D eigenvalue weighted by atomic mass is 10.1. The fourth-order valence-corrected chi connectivity index (χ4v) is 1.56. The van der Waals surface area contributed by atoms with Crippen molar-refractivity contribution in [2.75, 3.05) is 5.73 Å². The first-order chi connectivity index (χ1) is 8.97. The van der Waals surface area contributed by atoms with Gasteiger partial charge < -0.3 is 10.5 Å². The van der Waals surface area contributed by atoms with Crippen molar-refractivity contribution >= 4 is 5.69 Å². The van der Waals surface area contributed by atoms with Gasteiger partial charge in [0.15, 0.2) is 0 Å². The van der Waals surface area contributed by atoms with Crippen LogP contribution in [0.1, 0.15) is 11.1 Å². The van der Waals surface area contributed by atoms with Crippen LogP contribution in [0.25, 0.3) is 0 Å². The lowest BCUT2D eigenvalue weighted by Gasteiger charge is -2.10. The summed E-state index contributed by atoms with van der Waals surface area (Å²) in [5.74, 6) is 0.516. The fraction of sp³-hybridized carbons (Fsp3) is 0.143. The second-order valence-corrected chi connectivity index (χ2v) is 4.02. The van der Waals surface area contributed by atoms with Crippen LogP contribution in [0.5, 0.6) is 5.75 Å². The molecule has 2 aromatic carbocycles. The minimum absolute atomic E-state index is 0.173. The molecule has 0 aliphatic carbocycles. The van der Waals surface area contributed by atoms with Gasteiger partial charge in [0.2, 0.25) is 0 Å². The average Bonchev–Trinajstić information content (AvgIpc) is 2.37. The Morgan fingerprint density at radius 1 is 0.947 bits per heavy atom. The number of benzene rings is 2. The van der Waals surface area contributed by atoms with E-state index in [2.05, 4.69) is 0 Å². The SMILES string of the molecule is Nc1ccccc1OCc1ccc(C(F)(F)F)cc1. The Bertz CT molecular complexity index is 549. The van der Waals surface area contributed by atoms with Crippen molar-refractivity contribution in [3.63, 3.8) is 0 Å². The van der Waals surface area contributed by atoms with Gasteiger partial charge in [0.1, 0.15) is 12.4 Å². The van der Waals surface area contributed by atoms with Gasteiger partial charge in [-0.1, -0.05) is 24.3 Å². The van der Waals surface area contributed by atoms with Gasteiger partial charge in [0.25, 0.3) is 0 Å². The van der Waals surface area contributed by atoms with Crippen molar-refractivity contribution in [2.24, 2.45) is 0 Å². The summed E-state index contributed by atoms with van der Waals surface area (Å²) in [6, 6.07) is 11.8. The maximum atomic E-state index is 12.4. The molecule has 0 saturated heterocycles. The number of rotatable bonds is 3. The summed E-state index contributed by atoms with van der Waals surface area (Å²) < 4.78 is 42.6. The Hall–Kier alpha value is -2.17. The highest BCUT2D eigenvalue weighted by atomic mass is 19.4. The van der Waals surface area contributed by atoms with Crippen molar-refractivity contribution in [1.82, 2.24) is 0 Å². The Labute approximate surface area is 108 Å². The van der Waals surface area contributed by atoms with Crippen LogP contribution in [0.15, 0.2) is 48.5 Å². The molecule has 5 heteroatoms. The molecular weight excluding hydrogens is 255 g/mol. The zero-order valence-electron chi connectivity index (χ0n) is 9.95. The van der Waals surface area contributed by atoms with E-state index in [0.717, 1.165) is 12.1 Å². The summed E-state index contributed by atoms with van der Waals surface area (Å²) in [6.07, 6.45) is -4.32. The molecule has 2 aromatic rings. The quantitative estimate of drug-likeness (QED) is 0.857. The minimum Gasteiger partial charge on any atom is -0.487 e. The second-order valence-electron chi connectivity index (χ2n) is 4.02. The Morgan fingerprint density at radius 3 is 2.16 bits per heavy atom. The number of nitrogens with two attached hydrogens (primary N) is 1. The van der Waals surface area contributed by atoms with E-state index in [4.69, 9.17) is 10.5 Å². The molecule has 0 spiro atoms. The van der Waals surface area contributed by atoms with Crippen molar-refractivity contribution in [2.45, 2.75) is 12.8 Å². The standard InChI is InChI=1S/C14H12F3NO/c15-14(16,17)11-7-5-10(6-8-11)9-19-13-4-2-1-3-12(13)18/h1-8H,9,18H2. The van der Waals surface area contributed by atoms with Crippen LogP contribution in [0.4, 0.5) is 18.9 Å². The monoisotopic (exact) mass is 267 g/mol. The van der Waals surface area contributed by atoms with Crippen LogP contribution < -0.4 is 10.5 Å². The molecule has 0 fully saturated rings. The number of alkyl halides is 3.